The second kappa shape index (κ2) is 8.60. The molecule has 1 atom stereocenters. The normalized spacial score (nSPS) is 16.8. The third kappa shape index (κ3) is 4.79. The number of aromatic nitrogens is 3. The van der Waals surface area contributed by atoms with Crippen molar-refractivity contribution in [2.75, 3.05) is 6.61 Å². The molecule has 0 spiro atoms. The van der Waals surface area contributed by atoms with Gasteiger partial charge in [0.15, 0.2) is 0 Å². The third-order valence-corrected chi connectivity index (χ3v) is 4.83. The van der Waals surface area contributed by atoms with Gasteiger partial charge in [-0.2, -0.15) is 0 Å². The van der Waals surface area contributed by atoms with Gasteiger partial charge in [-0.3, -0.25) is 10.1 Å². The first-order valence-electron chi connectivity index (χ1n) is 9.32. The molecular formula is C18H32N4O2. The lowest BCUT2D eigenvalue weighted by atomic mass is 9.94. The number of unbranched alkanes of at least 4 members (excludes halogenated alkanes) is 3. The molecule has 1 N–H and O–H groups in total. The average Bonchev–Trinajstić information content (AvgIpc) is 3.34. The standard InChI is InChI=1S/C18H32N4O2/c1-5-7-8-9-12-18(3,17(23)24-6-2)19-13-15-20-21-16(22(15)4)14-10-11-14/h14,19H,5-13H2,1-4H3/t18-/m0/s1. The van der Waals surface area contributed by atoms with Gasteiger partial charge in [0.2, 0.25) is 0 Å². The van der Waals surface area contributed by atoms with Gasteiger partial charge >= 0.3 is 5.97 Å². The first-order chi connectivity index (χ1) is 11.5. The molecule has 0 aliphatic heterocycles. The molecule has 0 amide bonds. The molecule has 1 aromatic heterocycles. The van der Waals surface area contributed by atoms with Crippen LogP contribution in [0.4, 0.5) is 0 Å². The van der Waals surface area contributed by atoms with Crippen LogP contribution in [0.25, 0.3) is 0 Å². The molecule has 2 rings (SSSR count). The zero-order chi connectivity index (χ0) is 17.6. The quantitative estimate of drug-likeness (QED) is 0.497. The van der Waals surface area contributed by atoms with Crippen molar-refractivity contribution in [2.45, 2.75) is 83.7 Å². The number of hydrogen-bond donors (Lipinski definition) is 1. The van der Waals surface area contributed by atoms with Crippen molar-refractivity contribution in [3.63, 3.8) is 0 Å². The lowest BCUT2D eigenvalue weighted by Gasteiger charge is -2.28. The Morgan fingerprint density at radius 1 is 1.29 bits per heavy atom. The monoisotopic (exact) mass is 336 g/mol. The van der Waals surface area contributed by atoms with E-state index in [2.05, 4.69) is 27.0 Å². The van der Waals surface area contributed by atoms with Gasteiger partial charge in [0.05, 0.1) is 13.2 Å². The van der Waals surface area contributed by atoms with Crippen LogP contribution in [-0.4, -0.2) is 32.9 Å². The second-order valence-corrected chi connectivity index (χ2v) is 7.02. The van der Waals surface area contributed by atoms with Crippen LogP contribution in [0.1, 0.15) is 83.3 Å². The van der Waals surface area contributed by atoms with E-state index in [-0.39, 0.29) is 5.97 Å². The van der Waals surface area contributed by atoms with E-state index in [1.54, 1.807) is 0 Å². The highest BCUT2D eigenvalue weighted by atomic mass is 16.5. The van der Waals surface area contributed by atoms with E-state index in [1.807, 2.05) is 20.9 Å². The van der Waals surface area contributed by atoms with Crippen LogP contribution in [0.2, 0.25) is 0 Å². The van der Waals surface area contributed by atoms with E-state index in [0.29, 0.717) is 19.1 Å². The van der Waals surface area contributed by atoms with Gasteiger partial charge in [0.1, 0.15) is 17.2 Å². The summed E-state index contributed by atoms with van der Waals surface area (Å²) in [5.74, 6) is 2.33. The Balaban J connectivity index is 1.97. The van der Waals surface area contributed by atoms with Crippen molar-refractivity contribution in [1.29, 1.82) is 0 Å². The summed E-state index contributed by atoms with van der Waals surface area (Å²) in [6, 6.07) is 0. The number of ether oxygens (including phenoxy) is 1. The van der Waals surface area contributed by atoms with Crippen LogP contribution < -0.4 is 5.32 Å². The van der Waals surface area contributed by atoms with Crippen molar-refractivity contribution in [2.24, 2.45) is 7.05 Å². The molecule has 0 bridgehead atoms. The number of nitrogens with zero attached hydrogens (tertiary/aromatic N) is 3. The lowest BCUT2D eigenvalue weighted by molar-refractivity contribution is -0.151. The summed E-state index contributed by atoms with van der Waals surface area (Å²) in [5.41, 5.74) is -0.671. The zero-order valence-corrected chi connectivity index (χ0v) is 15.6. The Morgan fingerprint density at radius 3 is 2.67 bits per heavy atom. The van der Waals surface area contributed by atoms with Crippen LogP contribution in [-0.2, 0) is 23.1 Å². The Hall–Kier alpha value is -1.43. The van der Waals surface area contributed by atoms with Crippen LogP contribution in [0.15, 0.2) is 0 Å². The maximum atomic E-state index is 12.4. The van der Waals surface area contributed by atoms with Crippen LogP contribution in [0.5, 0.6) is 0 Å². The molecule has 0 radical (unpaired) electrons. The summed E-state index contributed by atoms with van der Waals surface area (Å²) in [6.07, 6.45) is 7.73. The Kier molecular flexibility index (Phi) is 6.78. The molecule has 1 aliphatic carbocycles. The summed E-state index contributed by atoms with van der Waals surface area (Å²) in [5, 5.41) is 12.0. The minimum atomic E-state index is -0.671. The fourth-order valence-electron chi connectivity index (χ4n) is 2.96. The molecule has 0 saturated heterocycles. The van der Waals surface area contributed by atoms with Crippen molar-refractivity contribution in [1.82, 2.24) is 20.1 Å². The number of rotatable bonds is 11. The largest absolute Gasteiger partial charge is 0.465 e. The third-order valence-electron chi connectivity index (χ3n) is 4.83. The number of carbonyl (C=O) groups is 1. The maximum absolute atomic E-state index is 12.4. The van der Waals surface area contributed by atoms with Crippen molar-refractivity contribution in [3.8, 4) is 0 Å². The molecule has 24 heavy (non-hydrogen) atoms. The topological polar surface area (TPSA) is 69.0 Å². The first-order valence-corrected chi connectivity index (χ1v) is 9.32. The van der Waals surface area contributed by atoms with Crippen LogP contribution in [0.3, 0.4) is 0 Å². The minimum absolute atomic E-state index is 0.175. The number of esters is 1. The smallest absolute Gasteiger partial charge is 0.326 e. The molecule has 0 unspecified atom stereocenters. The van der Waals surface area contributed by atoms with Gasteiger partial charge in [-0.15, -0.1) is 10.2 Å². The predicted octanol–water partition coefficient (Wildman–Crippen LogP) is 3.07. The van der Waals surface area contributed by atoms with Gasteiger partial charge in [-0.1, -0.05) is 32.6 Å². The summed E-state index contributed by atoms with van der Waals surface area (Å²) < 4.78 is 7.35. The molecule has 6 nitrogen and oxygen atoms in total. The van der Waals surface area contributed by atoms with E-state index in [9.17, 15) is 4.79 Å². The van der Waals surface area contributed by atoms with Crippen LogP contribution in [0, 0.1) is 0 Å². The SMILES string of the molecule is CCCCCC[C@](C)(NCc1nnc(C2CC2)n1C)C(=O)OCC. The van der Waals surface area contributed by atoms with Crippen molar-refractivity contribution >= 4 is 5.97 Å². The average molecular weight is 336 g/mol. The molecule has 136 valence electrons. The second-order valence-electron chi connectivity index (χ2n) is 7.02. The molecule has 1 heterocycles. The predicted molar refractivity (Wildman–Crippen MR) is 93.6 cm³/mol. The van der Waals surface area contributed by atoms with Crippen LogP contribution >= 0.6 is 0 Å². The summed E-state index contributed by atoms with van der Waals surface area (Å²) >= 11 is 0. The Morgan fingerprint density at radius 2 is 2.04 bits per heavy atom. The van der Waals surface area contributed by atoms with Crippen molar-refractivity contribution < 1.29 is 9.53 Å². The zero-order valence-electron chi connectivity index (χ0n) is 15.6. The number of carbonyl (C=O) groups excluding carboxylic acids is 1. The fourth-order valence-corrected chi connectivity index (χ4v) is 2.96. The first kappa shape index (κ1) is 18.9. The van der Waals surface area contributed by atoms with E-state index >= 15 is 0 Å². The highest BCUT2D eigenvalue weighted by Gasteiger charge is 2.35. The van der Waals surface area contributed by atoms with E-state index in [0.717, 1.165) is 30.9 Å². The van der Waals surface area contributed by atoms with E-state index in [1.165, 1.54) is 25.7 Å². The molecule has 1 aliphatic rings. The maximum Gasteiger partial charge on any atom is 0.326 e. The summed E-state index contributed by atoms with van der Waals surface area (Å²) in [7, 11) is 2.01. The Labute approximate surface area is 145 Å². The number of hydrogen-bond acceptors (Lipinski definition) is 5. The molecule has 1 saturated carbocycles. The molecule has 0 aromatic carbocycles. The molecule has 1 aromatic rings. The minimum Gasteiger partial charge on any atom is -0.465 e. The van der Waals surface area contributed by atoms with Gasteiger partial charge < -0.3 is 9.30 Å². The summed E-state index contributed by atoms with van der Waals surface area (Å²) in [6.45, 7) is 6.91. The number of nitrogens with one attached hydrogen (secondary N) is 1. The van der Waals surface area contributed by atoms with Gasteiger partial charge in [-0.25, -0.2) is 0 Å². The van der Waals surface area contributed by atoms with E-state index < -0.39 is 5.54 Å². The highest BCUT2D eigenvalue weighted by Crippen LogP contribution is 2.38. The fraction of sp³-hybridized carbons (Fsp3) is 0.833. The van der Waals surface area contributed by atoms with Crippen molar-refractivity contribution in [3.05, 3.63) is 11.6 Å². The molecule has 6 heteroatoms. The van der Waals surface area contributed by atoms with E-state index in [4.69, 9.17) is 4.74 Å². The summed E-state index contributed by atoms with van der Waals surface area (Å²) in [4.78, 5) is 12.4. The van der Waals surface area contributed by atoms with Gasteiger partial charge in [-0.05, 0) is 33.1 Å². The Bertz CT molecular complexity index is 539. The lowest BCUT2D eigenvalue weighted by Crippen LogP contribution is -2.50. The van der Waals surface area contributed by atoms with Gasteiger partial charge in [0, 0.05) is 13.0 Å². The molecule has 1 fully saturated rings. The van der Waals surface area contributed by atoms with Gasteiger partial charge in [0.25, 0.3) is 0 Å². The molecular weight excluding hydrogens is 304 g/mol. The highest BCUT2D eigenvalue weighted by molar-refractivity contribution is 5.80.